The number of hydrogen-bond acceptors (Lipinski definition) is 2. The van der Waals surface area contributed by atoms with E-state index in [9.17, 15) is 5.11 Å². The van der Waals surface area contributed by atoms with E-state index in [1.54, 1.807) is 0 Å². The predicted octanol–water partition coefficient (Wildman–Crippen LogP) is 3.58. The van der Waals surface area contributed by atoms with E-state index in [1.807, 2.05) is 6.07 Å². The zero-order valence-corrected chi connectivity index (χ0v) is 12.5. The normalized spacial score (nSPS) is 40.3. The van der Waals surface area contributed by atoms with Crippen LogP contribution in [-0.2, 0) is 4.74 Å². The topological polar surface area (TPSA) is 29.5 Å². The van der Waals surface area contributed by atoms with Gasteiger partial charge in [0.05, 0.1) is 19.3 Å². The summed E-state index contributed by atoms with van der Waals surface area (Å²) in [4.78, 5) is 0. The highest BCUT2D eigenvalue weighted by Gasteiger charge is 2.53. The minimum Gasteiger partial charge on any atom is -0.396 e. The molecule has 0 aromatic heterocycles. The third-order valence-corrected chi connectivity index (χ3v) is 5.67. The van der Waals surface area contributed by atoms with Crippen LogP contribution in [0.1, 0.15) is 32.4 Å². The highest BCUT2D eigenvalue weighted by atomic mass is 16.5. The second-order valence-corrected chi connectivity index (χ2v) is 6.55. The summed E-state index contributed by atoms with van der Waals surface area (Å²) in [5.74, 6) is 1.18. The molecule has 2 bridgehead atoms. The first kappa shape index (κ1) is 13.8. The smallest absolute Gasteiger partial charge is 0.0893 e. The maximum atomic E-state index is 9.97. The van der Waals surface area contributed by atoms with Crippen molar-refractivity contribution in [3.63, 3.8) is 0 Å². The number of aliphatic hydroxyl groups excluding tert-OH is 1. The lowest BCUT2D eigenvalue weighted by atomic mass is 9.56. The van der Waals surface area contributed by atoms with E-state index in [1.165, 1.54) is 11.1 Å². The molecule has 2 aliphatic rings. The Kier molecular flexibility index (Phi) is 3.47. The van der Waals surface area contributed by atoms with E-state index in [-0.39, 0.29) is 18.1 Å². The fraction of sp³-hybridized carbons (Fsp3) is 0.556. The van der Waals surface area contributed by atoms with Gasteiger partial charge in [-0.2, -0.15) is 0 Å². The van der Waals surface area contributed by atoms with Gasteiger partial charge in [-0.1, -0.05) is 55.8 Å². The van der Waals surface area contributed by atoms with Gasteiger partial charge >= 0.3 is 0 Å². The molecule has 1 aliphatic carbocycles. The number of aliphatic hydroxyl groups is 1. The number of rotatable bonds is 2. The van der Waals surface area contributed by atoms with Gasteiger partial charge < -0.3 is 9.84 Å². The van der Waals surface area contributed by atoms with E-state index in [2.05, 4.69) is 51.1 Å². The largest absolute Gasteiger partial charge is 0.396 e. The standard InChI is InChI=1S/C18H24O2/c1-12-9-13(2)18(10-19)11-20-17(16(12)14(18)3)15-7-5-4-6-8-15/h4-9,13-14,16-17,19H,10-11H2,1-3H3. The van der Waals surface area contributed by atoms with Gasteiger partial charge in [0.1, 0.15) is 0 Å². The van der Waals surface area contributed by atoms with Crippen molar-refractivity contribution in [2.45, 2.75) is 26.9 Å². The zero-order valence-electron chi connectivity index (χ0n) is 12.5. The SMILES string of the molecule is CC1=CC(C)C2(CO)COC(c3ccccc3)C1C2C. The molecule has 5 unspecified atom stereocenters. The average Bonchev–Trinajstić information content (AvgIpc) is 2.46. The van der Waals surface area contributed by atoms with E-state index in [0.29, 0.717) is 24.4 Å². The summed E-state index contributed by atoms with van der Waals surface area (Å²) in [6.45, 7) is 7.55. The van der Waals surface area contributed by atoms with Crippen LogP contribution in [0.3, 0.4) is 0 Å². The van der Waals surface area contributed by atoms with Crippen molar-refractivity contribution in [2.24, 2.45) is 23.2 Å². The van der Waals surface area contributed by atoms with E-state index >= 15 is 0 Å². The molecule has 20 heavy (non-hydrogen) atoms. The summed E-state index contributed by atoms with van der Waals surface area (Å²) in [5, 5.41) is 9.97. The number of benzene rings is 1. The van der Waals surface area contributed by atoms with E-state index in [4.69, 9.17) is 4.74 Å². The Balaban J connectivity index is 2.02. The summed E-state index contributed by atoms with van der Waals surface area (Å²) in [6.07, 6.45) is 2.47. The van der Waals surface area contributed by atoms with Gasteiger partial charge in [0, 0.05) is 11.3 Å². The first-order valence-corrected chi connectivity index (χ1v) is 7.56. The molecule has 1 heterocycles. The van der Waals surface area contributed by atoms with Crippen molar-refractivity contribution in [3.8, 4) is 0 Å². The third-order valence-electron chi connectivity index (χ3n) is 5.67. The Hall–Kier alpha value is -1.12. The Labute approximate surface area is 121 Å². The van der Waals surface area contributed by atoms with Gasteiger partial charge in [-0.15, -0.1) is 0 Å². The molecule has 1 fully saturated rings. The summed E-state index contributed by atoms with van der Waals surface area (Å²) in [7, 11) is 0. The molecular weight excluding hydrogens is 248 g/mol. The van der Waals surface area contributed by atoms with Crippen LogP contribution in [0, 0.1) is 23.2 Å². The monoisotopic (exact) mass is 272 g/mol. The number of fused-ring (bicyclic) bond motifs is 2. The molecule has 1 aromatic carbocycles. The van der Waals surface area contributed by atoms with E-state index < -0.39 is 0 Å². The van der Waals surface area contributed by atoms with Crippen molar-refractivity contribution in [1.29, 1.82) is 0 Å². The van der Waals surface area contributed by atoms with Gasteiger partial charge in [-0.3, -0.25) is 0 Å². The third kappa shape index (κ3) is 1.86. The van der Waals surface area contributed by atoms with Crippen molar-refractivity contribution in [2.75, 3.05) is 13.2 Å². The molecule has 0 spiro atoms. The first-order chi connectivity index (χ1) is 9.60. The lowest BCUT2D eigenvalue weighted by Crippen LogP contribution is -2.53. The van der Waals surface area contributed by atoms with Crippen LogP contribution in [0.5, 0.6) is 0 Å². The minimum atomic E-state index is -0.116. The summed E-state index contributed by atoms with van der Waals surface area (Å²) < 4.78 is 6.24. The van der Waals surface area contributed by atoms with Gasteiger partial charge in [-0.25, -0.2) is 0 Å². The molecule has 5 atom stereocenters. The van der Waals surface area contributed by atoms with Gasteiger partial charge in [0.25, 0.3) is 0 Å². The first-order valence-electron chi connectivity index (χ1n) is 7.56. The number of ether oxygens (including phenoxy) is 1. The molecule has 1 saturated heterocycles. The Bertz CT molecular complexity index is 507. The molecule has 2 nitrogen and oxygen atoms in total. The van der Waals surface area contributed by atoms with Crippen LogP contribution < -0.4 is 0 Å². The van der Waals surface area contributed by atoms with Gasteiger partial charge in [0.15, 0.2) is 0 Å². The Morgan fingerprint density at radius 1 is 1.25 bits per heavy atom. The Morgan fingerprint density at radius 3 is 2.60 bits per heavy atom. The highest BCUT2D eigenvalue weighted by Crippen LogP contribution is 2.55. The van der Waals surface area contributed by atoms with Crippen molar-refractivity contribution < 1.29 is 9.84 Å². The van der Waals surface area contributed by atoms with E-state index in [0.717, 1.165) is 0 Å². The Morgan fingerprint density at radius 2 is 1.95 bits per heavy atom. The predicted molar refractivity (Wildman–Crippen MR) is 80.2 cm³/mol. The summed E-state index contributed by atoms with van der Waals surface area (Å²) in [6, 6.07) is 10.5. The maximum Gasteiger partial charge on any atom is 0.0893 e. The molecular formula is C18H24O2. The molecule has 0 saturated carbocycles. The number of hydrogen-bond donors (Lipinski definition) is 1. The van der Waals surface area contributed by atoms with Crippen LogP contribution in [0.25, 0.3) is 0 Å². The lowest BCUT2D eigenvalue weighted by molar-refractivity contribution is -0.165. The molecule has 0 amide bonds. The summed E-state index contributed by atoms with van der Waals surface area (Å²) >= 11 is 0. The molecule has 3 rings (SSSR count). The maximum absolute atomic E-state index is 9.97. The van der Waals surface area contributed by atoms with Crippen LogP contribution in [0.15, 0.2) is 42.0 Å². The number of allylic oxidation sites excluding steroid dienone is 1. The van der Waals surface area contributed by atoms with Crippen LogP contribution in [0.2, 0.25) is 0 Å². The van der Waals surface area contributed by atoms with Crippen molar-refractivity contribution in [1.82, 2.24) is 0 Å². The zero-order chi connectivity index (χ0) is 14.3. The molecule has 1 aromatic rings. The molecule has 108 valence electrons. The molecule has 1 aliphatic heterocycles. The molecule has 0 radical (unpaired) electrons. The summed E-state index contributed by atoms with van der Waals surface area (Å²) in [5.41, 5.74) is 2.54. The van der Waals surface area contributed by atoms with Gasteiger partial charge in [-0.05, 0) is 24.3 Å². The lowest BCUT2D eigenvalue weighted by Gasteiger charge is -2.55. The molecule has 2 heteroatoms. The second kappa shape index (κ2) is 5.01. The molecule has 1 N–H and O–H groups in total. The fourth-order valence-corrected chi connectivity index (χ4v) is 4.23. The quantitative estimate of drug-likeness (QED) is 0.834. The van der Waals surface area contributed by atoms with Crippen molar-refractivity contribution >= 4 is 0 Å². The van der Waals surface area contributed by atoms with Crippen LogP contribution in [-0.4, -0.2) is 18.3 Å². The highest BCUT2D eigenvalue weighted by molar-refractivity contribution is 5.27. The van der Waals surface area contributed by atoms with Crippen LogP contribution in [0.4, 0.5) is 0 Å². The van der Waals surface area contributed by atoms with Crippen molar-refractivity contribution in [3.05, 3.63) is 47.5 Å². The minimum absolute atomic E-state index is 0.116. The van der Waals surface area contributed by atoms with Gasteiger partial charge in [0.2, 0.25) is 0 Å². The fourth-order valence-electron chi connectivity index (χ4n) is 4.23. The second-order valence-electron chi connectivity index (χ2n) is 6.55. The average molecular weight is 272 g/mol. The van der Waals surface area contributed by atoms with Crippen LogP contribution >= 0.6 is 0 Å².